The van der Waals surface area contributed by atoms with E-state index in [0.29, 0.717) is 6.04 Å². The molecular weight excluding hydrogens is 418 g/mol. The molecule has 1 aliphatic carbocycles. The van der Waals surface area contributed by atoms with Crippen molar-refractivity contribution in [2.24, 2.45) is 0 Å². The quantitative estimate of drug-likeness (QED) is 0.368. The predicted octanol–water partition coefficient (Wildman–Crippen LogP) is 6.21. The van der Waals surface area contributed by atoms with Crippen LogP contribution in [0.1, 0.15) is 48.3 Å². The molecule has 1 fully saturated rings. The van der Waals surface area contributed by atoms with Crippen LogP contribution in [-0.2, 0) is 4.79 Å². The van der Waals surface area contributed by atoms with Crippen molar-refractivity contribution in [3.05, 3.63) is 108 Å². The standard InChI is InChI=1S/C30H31N3O/c1-21-20-28(33-27-15-9-8-14-26(21)27)31-24-16-18-25(19-17-24)32-30(34)29(22-10-4-2-5-11-22)23-12-6-3-7-13-23/h2-15,20,24-25,29H,16-19H2,1H3,(H,31,33)(H,32,34). The van der Waals surface area contributed by atoms with Gasteiger partial charge in [0.1, 0.15) is 5.82 Å². The normalized spacial score (nSPS) is 18.1. The minimum absolute atomic E-state index is 0.0839. The topological polar surface area (TPSA) is 54.0 Å². The Morgan fingerprint density at radius 3 is 2.00 bits per heavy atom. The van der Waals surface area contributed by atoms with Gasteiger partial charge >= 0.3 is 0 Å². The van der Waals surface area contributed by atoms with E-state index in [4.69, 9.17) is 4.98 Å². The molecule has 0 radical (unpaired) electrons. The van der Waals surface area contributed by atoms with Gasteiger partial charge in [-0.1, -0.05) is 78.9 Å². The third kappa shape index (κ3) is 4.96. The molecule has 3 aromatic carbocycles. The molecule has 1 saturated carbocycles. The van der Waals surface area contributed by atoms with Crippen LogP contribution < -0.4 is 10.6 Å². The maximum atomic E-state index is 13.4. The summed E-state index contributed by atoms with van der Waals surface area (Å²) in [5.41, 5.74) is 4.32. The molecule has 5 rings (SSSR count). The average molecular weight is 450 g/mol. The zero-order valence-electron chi connectivity index (χ0n) is 19.6. The van der Waals surface area contributed by atoms with E-state index in [9.17, 15) is 4.79 Å². The van der Waals surface area contributed by atoms with Crippen molar-refractivity contribution >= 4 is 22.6 Å². The van der Waals surface area contributed by atoms with Crippen LogP contribution in [0, 0.1) is 6.92 Å². The number of hydrogen-bond donors (Lipinski definition) is 2. The van der Waals surface area contributed by atoms with Gasteiger partial charge in [-0.25, -0.2) is 4.98 Å². The highest BCUT2D eigenvalue weighted by atomic mass is 16.1. The van der Waals surface area contributed by atoms with Gasteiger partial charge in [0.25, 0.3) is 0 Å². The first-order chi connectivity index (χ1) is 16.7. The average Bonchev–Trinajstić information content (AvgIpc) is 2.87. The van der Waals surface area contributed by atoms with Gasteiger partial charge in [-0.15, -0.1) is 0 Å². The Kier molecular flexibility index (Phi) is 6.57. The summed E-state index contributed by atoms with van der Waals surface area (Å²) in [4.78, 5) is 18.2. The van der Waals surface area contributed by atoms with Gasteiger partial charge in [0, 0.05) is 17.5 Å². The van der Waals surface area contributed by atoms with Gasteiger partial charge in [-0.2, -0.15) is 0 Å². The second-order valence-corrected chi connectivity index (χ2v) is 9.30. The van der Waals surface area contributed by atoms with E-state index in [2.05, 4.69) is 41.8 Å². The number of para-hydroxylation sites is 1. The van der Waals surface area contributed by atoms with Gasteiger partial charge in [-0.05, 0) is 61.4 Å². The lowest BCUT2D eigenvalue weighted by atomic mass is 9.88. The minimum Gasteiger partial charge on any atom is -0.367 e. The first kappa shape index (κ1) is 22.1. The van der Waals surface area contributed by atoms with Gasteiger partial charge in [0.15, 0.2) is 0 Å². The lowest BCUT2D eigenvalue weighted by Gasteiger charge is -2.31. The van der Waals surface area contributed by atoms with Crippen LogP contribution in [0.4, 0.5) is 5.82 Å². The molecule has 2 N–H and O–H groups in total. The van der Waals surface area contributed by atoms with Crippen molar-refractivity contribution in [1.82, 2.24) is 10.3 Å². The van der Waals surface area contributed by atoms with Crippen LogP contribution >= 0.6 is 0 Å². The third-order valence-electron chi connectivity index (χ3n) is 6.88. The smallest absolute Gasteiger partial charge is 0.232 e. The molecular formula is C30H31N3O. The molecule has 1 heterocycles. The molecule has 0 atom stereocenters. The number of aryl methyl sites for hydroxylation is 1. The molecule has 4 heteroatoms. The second-order valence-electron chi connectivity index (χ2n) is 9.30. The molecule has 1 amide bonds. The van der Waals surface area contributed by atoms with Crippen LogP contribution in [0.5, 0.6) is 0 Å². The van der Waals surface area contributed by atoms with E-state index < -0.39 is 0 Å². The molecule has 1 aromatic heterocycles. The van der Waals surface area contributed by atoms with Crippen molar-refractivity contribution in [2.75, 3.05) is 5.32 Å². The van der Waals surface area contributed by atoms with Crippen LogP contribution in [-0.4, -0.2) is 23.0 Å². The summed E-state index contributed by atoms with van der Waals surface area (Å²) in [6.07, 6.45) is 3.96. The first-order valence-electron chi connectivity index (χ1n) is 12.2. The summed E-state index contributed by atoms with van der Waals surface area (Å²) in [7, 11) is 0. The zero-order chi connectivity index (χ0) is 23.3. The Labute approximate surface area is 201 Å². The number of carbonyl (C=O) groups excluding carboxylic acids is 1. The van der Waals surface area contributed by atoms with E-state index in [-0.39, 0.29) is 17.9 Å². The lowest BCUT2D eigenvalue weighted by molar-refractivity contribution is -0.122. The van der Waals surface area contributed by atoms with Gasteiger partial charge < -0.3 is 10.6 Å². The summed E-state index contributed by atoms with van der Waals surface area (Å²) < 4.78 is 0. The molecule has 0 bridgehead atoms. The fourth-order valence-electron chi connectivity index (χ4n) is 5.09. The molecule has 172 valence electrons. The highest BCUT2D eigenvalue weighted by molar-refractivity contribution is 5.87. The highest BCUT2D eigenvalue weighted by Gasteiger charge is 2.27. The Hall–Kier alpha value is -3.66. The Bertz CT molecular complexity index is 1210. The summed E-state index contributed by atoms with van der Waals surface area (Å²) in [6.45, 7) is 2.14. The molecule has 4 aromatic rings. The van der Waals surface area contributed by atoms with E-state index in [1.54, 1.807) is 0 Å². The molecule has 0 aliphatic heterocycles. The number of benzene rings is 3. The van der Waals surface area contributed by atoms with Crippen LogP contribution in [0.15, 0.2) is 91.0 Å². The summed E-state index contributed by atoms with van der Waals surface area (Å²) in [5.74, 6) is 0.737. The van der Waals surface area contributed by atoms with E-state index >= 15 is 0 Å². The fourth-order valence-corrected chi connectivity index (χ4v) is 5.09. The van der Waals surface area contributed by atoms with Crippen LogP contribution in [0.3, 0.4) is 0 Å². The van der Waals surface area contributed by atoms with E-state index in [1.165, 1.54) is 10.9 Å². The van der Waals surface area contributed by atoms with Crippen molar-refractivity contribution in [3.63, 3.8) is 0 Å². The second kappa shape index (κ2) is 10.1. The van der Waals surface area contributed by atoms with E-state index in [1.807, 2.05) is 66.7 Å². The predicted molar refractivity (Wildman–Crippen MR) is 139 cm³/mol. The van der Waals surface area contributed by atoms with Gasteiger partial charge in [0.2, 0.25) is 5.91 Å². The number of aromatic nitrogens is 1. The number of nitrogens with zero attached hydrogens (tertiary/aromatic N) is 1. The Morgan fingerprint density at radius 1 is 0.794 bits per heavy atom. The van der Waals surface area contributed by atoms with Crippen molar-refractivity contribution < 1.29 is 4.79 Å². The zero-order valence-corrected chi connectivity index (χ0v) is 19.6. The highest BCUT2D eigenvalue weighted by Crippen LogP contribution is 2.28. The van der Waals surface area contributed by atoms with Gasteiger partial charge in [0.05, 0.1) is 11.4 Å². The first-order valence-corrected chi connectivity index (χ1v) is 12.2. The molecule has 0 unspecified atom stereocenters. The SMILES string of the molecule is Cc1cc(NC2CCC(NC(=O)C(c3ccccc3)c3ccccc3)CC2)nc2ccccc12. The van der Waals surface area contributed by atoms with Crippen LogP contribution in [0.25, 0.3) is 10.9 Å². The largest absolute Gasteiger partial charge is 0.367 e. The minimum atomic E-state index is -0.289. The third-order valence-corrected chi connectivity index (χ3v) is 6.88. The maximum Gasteiger partial charge on any atom is 0.232 e. The van der Waals surface area contributed by atoms with Crippen LogP contribution in [0.2, 0.25) is 0 Å². The number of fused-ring (bicyclic) bond motifs is 1. The lowest BCUT2D eigenvalue weighted by Crippen LogP contribution is -2.42. The molecule has 1 aliphatic rings. The summed E-state index contributed by atoms with van der Waals surface area (Å²) >= 11 is 0. The van der Waals surface area contributed by atoms with E-state index in [0.717, 1.165) is 48.1 Å². The van der Waals surface area contributed by atoms with Crippen molar-refractivity contribution in [2.45, 2.75) is 50.6 Å². The number of nitrogens with one attached hydrogen (secondary N) is 2. The number of amides is 1. The maximum absolute atomic E-state index is 13.4. The monoisotopic (exact) mass is 449 g/mol. The Morgan fingerprint density at radius 2 is 1.35 bits per heavy atom. The van der Waals surface area contributed by atoms with Crippen molar-refractivity contribution in [3.8, 4) is 0 Å². The fraction of sp³-hybridized carbons (Fsp3) is 0.267. The number of hydrogen-bond acceptors (Lipinski definition) is 3. The van der Waals surface area contributed by atoms with Crippen molar-refractivity contribution in [1.29, 1.82) is 0 Å². The molecule has 0 saturated heterocycles. The number of carbonyl (C=O) groups is 1. The number of rotatable bonds is 6. The molecule has 4 nitrogen and oxygen atoms in total. The Balaban J connectivity index is 1.22. The van der Waals surface area contributed by atoms with Gasteiger partial charge in [-0.3, -0.25) is 4.79 Å². The number of anilines is 1. The number of pyridine rings is 1. The summed E-state index contributed by atoms with van der Waals surface area (Å²) in [5, 5.41) is 8.19. The summed E-state index contributed by atoms with van der Waals surface area (Å²) in [6, 6.07) is 31.1. The molecule has 0 spiro atoms. The molecule has 34 heavy (non-hydrogen) atoms.